The summed E-state index contributed by atoms with van der Waals surface area (Å²) in [6.07, 6.45) is 2.09. The monoisotopic (exact) mass is 266 g/mol. The molecule has 1 aromatic heterocycles. The Morgan fingerprint density at radius 3 is 2.63 bits per heavy atom. The summed E-state index contributed by atoms with van der Waals surface area (Å²) in [4.78, 5) is 2.44. The molecule has 1 aliphatic heterocycles. The molecule has 0 aliphatic carbocycles. The minimum absolute atomic E-state index is 0.748. The number of rotatable bonds is 6. The molecule has 108 valence electrons. The van der Waals surface area contributed by atoms with Crippen molar-refractivity contribution in [1.29, 1.82) is 0 Å². The maximum atomic E-state index is 5.59. The van der Waals surface area contributed by atoms with Crippen molar-refractivity contribution in [3.05, 3.63) is 17.0 Å². The number of hydrogen-bond donors (Lipinski definition) is 1. The van der Waals surface area contributed by atoms with Gasteiger partial charge in [-0.15, -0.1) is 0 Å². The fourth-order valence-electron chi connectivity index (χ4n) is 2.65. The molecule has 19 heavy (non-hydrogen) atoms. The first-order valence-corrected chi connectivity index (χ1v) is 7.25. The number of aryl methyl sites for hydroxylation is 1. The van der Waals surface area contributed by atoms with Crippen molar-refractivity contribution in [1.82, 2.24) is 14.7 Å². The highest BCUT2D eigenvalue weighted by Gasteiger charge is 2.13. The van der Waals surface area contributed by atoms with E-state index in [1.54, 1.807) is 0 Å². The van der Waals surface area contributed by atoms with Crippen LogP contribution in [0.4, 0.5) is 0 Å². The summed E-state index contributed by atoms with van der Waals surface area (Å²) in [6.45, 7) is 10.8. The summed E-state index contributed by atoms with van der Waals surface area (Å²) in [6, 6.07) is 0. The van der Waals surface area contributed by atoms with E-state index in [1.807, 2.05) is 0 Å². The van der Waals surface area contributed by atoms with Gasteiger partial charge in [0.05, 0.1) is 25.5 Å². The molecule has 2 N–H and O–H groups in total. The van der Waals surface area contributed by atoms with Crippen molar-refractivity contribution in [2.45, 2.75) is 33.2 Å². The van der Waals surface area contributed by atoms with Crippen molar-refractivity contribution in [3.8, 4) is 0 Å². The number of nitrogens with zero attached hydrogens (tertiary/aromatic N) is 3. The Hall–Kier alpha value is -0.910. The van der Waals surface area contributed by atoms with Crippen LogP contribution < -0.4 is 5.73 Å². The topological polar surface area (TPSA) is 56.3 Å². The van der Waals surface area contributed by atoms with Gasteiger partial charge in [-0.3, -0.25) is 9.58 Å². The second kappa shape index (κ2) is 7.03. The van der Waals surface area contributed by atoms with E-state index >= 15 is 0 Å². The molecule has 0 radical (unpaired) electrons. The maximum absolute atomic E-state index is 5.59. The Morgan fingerprint density at radius 2 is 1.95 bits per heavy atom. The molecular formula is C14H26N4O. The van der Waals surface area contributed by atoms with Crippen LogP contribution in [-0.2, 0) is 17.7 Å². The summed E-state index contributed by atoms with van der Waals surface area (Å²) in [5.41, 5.74) is 9.44. The molecule has 5 heteroatoms. The average molecular weight is 266 g/mol. The van der Waals surface area contributed by atoms with E-state index in [9.17, 15) is 0 Å². The zero-order chi connectivity index (χ0) is 13.7. The molecule has 0 unspecified atom stereocenters. The lowest BCUT2D eigenvalue weighted by Crippen LogP contribution is -2.38. The van der Waals surface area contributed by atoms with E-state index in [1.165, 1.54) is 11.3 Å². The van der Waals surface area contributed by atoms with Gasteiger partial charge >= 0.3 is 0 Å². The lowest BCUT2D eigenvalue weighted by molar-refractivity contribution is 0.0359. The van der Waals surface area contributed by atoms with Gasteiger partial charge in [-0.2, -0.15) is 5.10 Å². The predicted molar refractivity (Wildman–Crippen MR) is 76.3 cm³/mol. The Bertz CT molecular complexity index is 396. The van der Waals surface area contributed by atoms with Crippen LogP contribution in [0, 0.1) is 13.8 Å². The number of hydrogen-bond acceptors (Lipinski definition) is 4. The fourth-order valence-corrected chi connectivity index (χ4v) is 2.65. The molecular weight excluding hydrogens is 240 g/mol. The van der Waals surface area contributed by atoms with E-state index < -0.39 is 0 Å². The number of aromatic nitrogens is 2. The molecule has 0 saturated carbocycles. The van der Waals surface area contributed by atoms with Gasteiger partial charge in [0.25, 0.3) is 0 Å². The maximum Gasteiger partial charge on any atom is 0.0628 e. The summed E-state index contributed by atoms with van der Waals surface area (Å²) in [5, 5.41) is 4.67. The van der Waals surface area contributed by atoms with Gasteiger partial charge in [-0.1, -0.05) is 0 Å². The Balaban J connectivity index is 1.92. The van der Waals surface area contributed by atoms with Crippen molar-refractivity contribution < 1.29 is 4.74 Å². The van der Waals surface area contributed by atoms with Crippen LogP contribution in [0.5, 0.6) is 0 Å². The molecule has 1 saturated heterocycles. The summed E-state index contributed by atoms with van der Waals surface area (Å²) >= 11 is 0. The standard InChI is InChI=1S/C14H26N4O/c1-12-14(4-3-5-15)13(2)18(16-12)7-6-17-8-10-19-11-9-17/h3-11,15H2,1-2H3. The molecule has 0 spiro atoms. The van der Waals surface area contributed by atoms with E-state index in [4.69, 9.17) is 10.5 Å². The van der Waals surface area contributed by atoms with Crippen LogP contribution in [-0.4, -0.2) is 54.1 Å². The zero-order valence-corrected chi connectivity index (χ0v) is 12.2. The molecule has 1 fully saturated rings. The lowest BCUT2D eigenvalue weighted by atomic mass is 10.1. The minimum Gasteiger partial charge on any atom is -0.379 e. The minimum atomic E-state index is 0.748. The highest BCUT2D eigenvalue weighted by atomic mass is 16.5. The average Bonchev–Trinajstić information content (AvgIpc) is 2.70. The van der Waals surface area contributed by atoms with E-state index in [-0.39, 0.29) is 0 Å². The SMILES string of the molecule is Cc1nn(CCN2CCOCC2)c(C)c1CCCN. The molecule has 0 amide bonds. The predicted octanol–water partition coefficient (Wildman–Crippen LogP) is 0.723. The summed E-state index contributed by atoms with van der Waals surface area (Å²) < 4.78 is 7.52. The third kappa shape index (κ3) is 3.78. The third-order valence-corrected chi connectivity index (χ3v) is 3.89. The lowest BCUT2D eigenvalue weighted by Gasteiger charge is -2.26. The summed E-state index contributed by atoms with van der Waals surface area (Å²) in [7, 11) is 0. The van der Waals surface area contributed by atoms with E-state index in [2.05, 4.69) is 28.5 Å². The van der Waals surface area contributed by atoms with E-state index in [0.717, 1.165) is 64.5 Å². The molecule has 2 heterocycles. The Labute approximate surface area is 115 Å². The van der Waals surface area contributed by atoms with Gasteiger partial charge in [-0.25, -0.2) is 0 Å². The van der Waals surface area contributed by atoms with Crippen LogP contribution in [0.1, 0.15) is 23.4 Å². The second-order valence-corrected chi connectivity index (χ2v) is 5.22. The van der Waals surface area contributed by atoms with Gasteiger partial charge < -0.3 is 10.5 Å². The molecule has 1 aliphatic rings. The molecule has 2 rings (SSSR count). The molecule has 0 aromatic carbocycles. The third-order valence-electron chi connectivity index (χ3n) is 3.89. The highest BCUT2D eigenvalue weighted by Crippen LogP contribution is 2.15. The second-order valence-electron chi connectivity index (χ2n) is 5.22. The number of nitrogens with two attached hydrogens (primary N) is 1. The Morgan fingerprint density at radius 1 is 1.21 bits per heavy atom. The van der Waals surface area contributed by atoms with Gasteiger partial charge in [0.2, 0.25) is 0 Å². The van der Waals surface area contributed by atoms with Crippen LogP contribution in [0.15, 0.2) is 0 Å². The number of morpholine rings is 1. The van der Waals surface area contributed by atoms with Crippen LogP contribution in [0.3, 0.4) is 0 Å². The first-order valence-electron chi connectivity index (χ1n) is 7.25. The van der Waals surface area contributed by atoms with Crippen molar-refractivity contribution >= 4 is 0 Å². The smallest absolute Gasteiger partial charge is 0.0628 e. The number of ether oxygens (including phenoxy) is 1. The van der Waals surface area contributed by atoms with Crippen LogP contribution in [0.25, 0.3) is 0 Å². The van der Waals surface area contributed by atoms with Gasteiger partial charge in [0.1, 0.15) is 0 Å². The zero-order valence-electron chi connectivity index (χ0n) is 12.2. The van der Waals surface area contributed by atoms with Crippen LogP contribution >= 0.6 is 0 Å². The largest absolute Gasteiger partial charge is 0.379 e. The van der Waals surface area contributed by atoms with Gasteiger partial charge in [0, 0.05) is 25.3 Å². The highest BCUT2D eigenvalue weighted by molar-refractivity contribution is 5.24. The van der Waals surface area contributed by atoms with Crippen molar-refractivity contribution in [2.75, 3.05) is 39.4 Å². The summed E-state index contributed by atoms with van der Waals surface area (Å²) in [5.74, 6) is 0. The first-order chi connectivity index (χ1) is 9.22. The fraction of sp³-hybridized carbons (Fsp3) is 0.786. The van der Waals surface area contributed by atoms with Gasteiger partial charge in [-0.05, 0) is 38.8 Å². The molecule has 0 atom stereocenters. The van der Waals surface area contributed by atoms with Crippen molar-refractivity contribution in [2.24, 2.45) is 5.73 Å². The van der Waals surface area contributed by atoms with Crippen molar-refractivity contribution in [3.63, 3.8) is 0 Å². The molecule has 0 bridgehead atoms. The molecule has 1 aromatic rings. The Kier molecular flexibility index (Phi) is 5.36. The normalized spacial score (nSPS) is 17.0. The van der Waals surface area contributed by atoms with E-state index in [0.29, 0.717) is 0 Å². The molecule has 5 nitrogen and oxygen atoms in total. The van der Waals surface area contributed by atoms with Gasteiger partial charge in [0.15, 0.2) is 0 Å². The van der Waals surface area contributed by atoms with Crippen LogP contribution in [0.2, 0.25) is 0 Å². The first kappa shape index (κ1) is 14.5. The quantitative estimate of drug-likeness (QED) is 0.824.